The first-order valence-corrected chi connectivity index (χ1v) is 7.43. The summed E-state index contributed by atoms with van der Waals surface area (Å²) >= 11 is 0. The number of sulfonamides is 1. The van der Waals surface area contributed by atoms with E-state index in [2.05, 4.69) is 0 Å². The second kappa shape index (κ2) is 4.58. The number of fused-ring (bicyclic) bond motifs is 1. The van der Waals surface area contributed by atoms with Gasteiger partial charge in [-0.3, -0.25) is 4.31 Å². The minimum Gasteiger partial charge on any atom is -0.475 e. The van der Waals surface area contributed by atoms with Crippen molar-refractivity contribution in [2.45, 2.75) is 6.92 Å². The van der Waals surface area contributed by atoms with Gasteiger partial charge in [0.15, 0.2) is 0 Å². The number of benzene rings is 1. The molecule has 1 heterocycles. The molecule has 0 fully saturated rings. The number of aromatic carboxylic acids is 1. The summed E-state index contributed by atoms with van der Waals surface area (Å²) in [6.07, 6.45) is 1.03. The standard InChI is InChI=1S/C12H13NO5S/c1-3-13(19(2,16)17)10-8-6-4-5-7-9(8)18-11(10)12(14)15/h4-7H,3H2,1-2H3,(H,14,15). The van der Waals surface area contributed by atoms with Crippen molar-refractivity contribution >= 4 is 32.6 Å². The fourth-order valence-corrected chi connectivity index (χ4v) is 2.96. The van der Waals surface area contributed by atoms with Gasteiger partial charge in [-0.15, -0.1) is 0 Å². The Balaban J connectivity index is 2.83. The Labute approximate surface area is 110 Å². The van der Waals surface area contributed by atoms with E-state index in [1.165, 1.54) is 0 Å². The molecular formula is C12H13NO5S. The van der Waals surface area contributed by atoms with Crippen molar-refractivity contribution in [3.8, 4) is 0 Å². The number of carboxylic acids is 1. The van der Waals surface area contributed by atoms with E-state index in [4.69, 9.17) is 9.52 Å². The number of carbonyl (C=O) groups is 1. The molecule has 0 aliphatic carbocycles. The zero-order chi connectivity index (χ0) is 14.2. The third-order valence-corrected chi connectivity index (χ3v) is 3.94. The van der Waals surface area contributed by atoms with Crippen LogP contribution >= 0.6 is 0 Å². The van der Waals surface area contributed by atoms with E-state index in [9.17, 15) is 13.2 Å². The second-order valence-electron chi connectivity index (χ2n) is 4.01. The van der Waals surface area contributed by atoms with Crippen molar-refractivity contribution in [2.75, 3.05) is 17.1 Å². The molecule has 1 aromatic heterocycles. The third-order valence-electron chi connectivity index (χ3n) is 2.70. The first-order chi connectivity index (χ1) is 8.86. The average Bonchev–Trinajstić information content (AvgIpc) is 2.68. The number of nitrogens with zero attached hydrogens (tertiary/aromatic N) is 1. The zero-order valence-corrected chi connectivity index (χ0v) is 11.3. The largest absolute Gasteiger partial charge is 0.475 e. The molecule has 0 saturated heterocycles. The van der Waals surface area contributed by atoms with Crippen molar-refractivity contribution in [1.82, 2.24) is 0 Å². The van der Waals surface area contributed by atoms with Gasteiger partial charge in [0.2, 0.25) is 15.8 Å². The third kappa shape index (κ3) is 2.28. The van der Waals surface area contributed by atoms with Crippen molar-refractivity contribution in [3.63, 3.8) is 0 Å². The van der Waals surface area contributed by atoms with Gasteiger partial charge in [0, 0.05) is 11.9 Å². The Morgan fingerprint density at radius 2 is 2.00 bits per heavy atom. The Morgan fingerprint density at radius 3 is 2.53 bits per heavy atom. The normalized spacial score (nSPS) is 11.7. The quantitative estimate of drug-likeness (QED) is 0.926. The van der Waals surface area contributed by atoms with Gasteiger partial charge in [-0.2, -0.15) is 0 Å². The minimum atomic E-state index is -3.58. The Kier molecular flexibility index (Phi) is 3.23. The first-order valence-electron chi connectivity index (χ1n) is 5.58. The maximum atomic E-state index is 11.8. The lowest BCUT2D eigenvalue weighted by atomic mass is 10.2. The Bertz CT molecular complexity index is 732. The first kappa shape index (κ1) is 13.4. The van der Waals surface area contributed by atoms with Crippen molar-refractivity contribution in [1.29, 1.82) is 0 Å². The van der Waals surface area contributed by atoms with Gasteiger partial charge in [0.1, 0.15) is 11.3 Å². The van der Waals surface area contributed by atoms with Gasteiger partial charge >= 0.3 is 5.97 Å². The Morgan fingerprint density at radius 1 is 1.37 bits per heavy atom. The van der Waals surface area contributed by atoms with Crippen LogP contribution in [-0.2, 0) is 10.0 Å². The zero-order valence-electron chi connectivity index (χ0n) is 10.5. The predicted molar refractivity (Wildman–Crippen MR) is 71.0 cm³/mol. The van der Waals surface area contributed by atoms with Gasteiger partial charge in [0.05, 0.1) is 6.26 Å². The van der Waals surface area contributed by atoms with Crippen molar-refractivity contribution in [3.05, 3.63) is 30.0 Å². The number of anilines is 1. The fraction of sp³-hybridized carbons (Fsp3) is 0.250. The highest BCUT2D eigenvalue weighted by Gasteiger charge is 2.28. The average molecular weight is 283 g/mol. The summed E-state index contributed by atoms with van der Waals surface area (Å²) in [5.74, 6) is -1.67. The predicted octanol–water partition coefficient (Wildman–Crippen LogP) is 1.92. The van der Waals surface area contributed by atoms with Gasteiger partial charge in [-0.25, -0.2) is 13.2 Å². The smallest absolute Gasteiger partial charge is 0.374 e. The maximum absolute atomic E-state index is 11.8. The topological polar surface area (TPSA) is 87.8 Å². The molecule has 2 aromatic rings. The summed E-state index contributed by atoms with van der Waals surface area (Å²) in [6.45, 7) is 1.76. The molecule has 7 heteroatoms. The van der Waals surface area contributed by atoms with Crippen LogP contribution in [0.3, 0.4) is 0 Å². The molecule has 0 bridgehead atoms. The summed E-state index contributed by atoms with van der Waals surface area (Å²) in [6, 6.07) is 6.62. The van der Waals surface area contributed by atoms with E-state index >= 15 is 0 Å². The second-order valence-corrected chi connectivity index (χ2v) is 5.92. The summed E-state index contributed by atoms with van der Waals surface area (Å²) < 4.78 is 29.8. The molecule has 6 nitrogen and oxygen atoms in total. The molecular weight excluding hydrogens is 270 g/mol. The van der Waals surface area contributed by atoms with Crippen molar-refractivity contribution in [2.24, 2.45) is 0 Å². The lowest BCUT2D eigenvalue weighted by Gasteiger charge is -2.19. The molecule has 0 radical (unpaired) electrons. The van der Waals surface area contributed by atoms with Crippen LogP contribution in [0.2, 0.25) is 0 Å². The van der Waals surface area contributed by atoms with Gasteiger partial charge < -0.3 is 9.52 Å². The SMILES string of the molecule is CCN(c1c(C(=O)O)oc2ccccc12)S(C)(=O)=O. The van der Waals surface area contributed by atoms with Crippen LogP contribution in [0.4, 0.5) is 5.69 Å². The Hall–Kier alpha value is -2.02. The number of carboxylic acid groups (broad SMARTS) is 1. The highest BCUT2D eigenvalue weighted by Crippen LogP contribution is 2.35. The summed E-state index contributed by atoms with van der Waals surface area (Å²) in [4.78, 5) is 11.2. The fourth-order valence-electron chi connectivity index (χ4n) is 1.98. The number of hydrogen-bond acceptors (Lipinski definition) is 4. The molecule has 0 atom stereocenters. The minimum absolute atomic E-state index is 0.0769. The monoisotopic (exact) mass is 283 g/mol. The van der Waals surface area contributed by atoms with Crippen LogP contribution in [0.1, 0.15) is 17.5 Å². The van der Waals surface area contributed by atoms with E-state index in [1.54, 1.807) is 31.2 Å². The molecule has 0 saturated carbocycles. The van der Waals surface area contributed by atoms with Gasteiger partial charge in [-0.05, 0) is 19.1 Å². The molecule has 1 aromatic carbocycles. The van der Waals surface area contributed by atoms with E-state index in [-0.39, 0.29) is 18.0 Å². The summed E-state index contributed by atoms with van der Waals surface area (Å²) in [5.41, 5.74) is 0.421. The number of furan rings is 1. The lowest BCUT2D eigenvalue weighted by molar-refractivity contribution is 0.0666. The van der Waals surface area contributed by atoms with Gasteiger partial charge in [0.25, 0.3) is 0 Å². The number of hydrogen-bond donors (Lipinski definition) is 1. The molecule has 0 aliphatic heterocycles. The number of para-hydroxylation sites is 1. The summed E-state index contributed by atoms with van der Waals surface area (Å²) in [7, 11) is -3.58. The molecule has 0 aliphatic rings. The van der Waals surface area contributed by atoms with Crippen LogP contribution in [0.25, 0.3) is 11.0 Å². The van der Waals surface area contributed by atoms with Crippen LogP contribution < -0.4 is 4.31 Å². The van der Waals surface area contributed by atoms with Crippen LogP contribution in [-0.4, -0.2) is 32.3 Å². The highest BCUT2D eigenvalue weighted by atomic mass is 32.2. The van der Waals surface area contributed by atoms with Crippen LogP contribution in [0.15, 0.2) is 28.7 Å². The summed E-state index contributed by atoms with van der Waals surface area (Å²) in [5, 5.41) is 9.63. The van der Waals surface area contributed by atoms with E-state index in [1.807, 2.05) is 0 Å². The molecule has 0 amide bonds. The highest BCUT2D eigenvalue weighted by molar-refractivity contribution is 7.92. The molecule has 19 heavy (non-hydrogen) atoms. The number of rotatable bonds is 4. The van der Waals surface area contributed by atoms with E-state index in [0.717, 1.165) is 10.6 Å². The van der Waals surface area contributed by atoms with Crippen LogP contribution in [0.5, 0.6) is 0 Å². The molecule has 1 N–H and O–H groups in total. The van der Waals surface area contributed by atoms with Gasteiger partial charge in [-0.1, -0.05) is 12.1 Å². The molecule has 0 spiro atoms. The van der Waals surface area contributed by atoms with Crippen LogP contribution in [0, 0.1) is 0 Å². The molecule has 2 rings (SSSR count). The lowest BCUT2D eigenvalue weighted by Crippen LogP contribution is -2.30. The van der Waals surface area contributed by atoms with Crippen molar-refractivity contribution < 1.29 is 22.7 Å². The van der Waals surface area contributed by atoms with E-state index < -0.39 is 16.0 Å². The maximum Gasteiger partial charge on any atom is 0.374 e. The molecule has 0 unspecified atom stereocenters. The van der Waals surface area contributed by atoms with E-state index in [0.29, 0.717) is 11.0 Å². The molecule has 102 valence electrons.